The highest BCUT2D eigenvalue weighted by Gasteiger charge is 2.36. The maximum Gasteiger partial charge on any atom is 0.312 e. The van der Waals surface area contributed by atoms with Crippen LogP contribution in [0, 0.1) is 10.1 Å². The summed E-state index contributed by atoms with van der Waals surface area (Å²) in [6, 6.07) is 0.0577. The number of aryl methyl sites for hydroxylation is 1. The second-order valence-electron chi connectivity index (χ2n) is 7.46. The van der Waals surface area contributed by atoms with Gasteiger partial charge in [0.1, 0.15) is 22.7 Å². The molecule has 0 saturated carbocycles. The van der Waals surface area contributed by atoms with E-state index in [1.54, 1.807) is 7.05 Å². The van der Waals surface area contributed by atoms with Crippen LogP contribution in [-0.4, -0.2) is 36.1 Å². The number of nitrogens with one attached hydrogen (secondary N) is 1. The van der Waals surface area contributed by atoms with Gasteiger partial charge in [-0.2, -0.15) is 5.10 Å². The highest BCUT2D eigenvalue weighted by molar-refractivity contribution is 7.90. The van der Waals surface area contributed by atoms with Crippen molar-refractivity contribution in [1.82, 2.24) is 14.5 Å². The van der Waals surface area contributed by atoms with Crippen LogP contribution >= 0.6 is 0 Å². The van der Waals surface area contributed by atoms with Crippen LogP contribution in [0.15, 0.2) is 6.20 Å². The Morgan fingerprint density at radius 2 is 2.16 bits per heavy atom. The van der Waals surface area contributed by atoms with Crippen LogP contribution in [0.4, 0.5) is 5.69 Å². The molecule has 0 spiro atoms. The Balaban J connectivity index is 2.17. The summed E-state index contributed by atoms with van der Waals surface area (Å²) >= 11 is -1.15. The van der Waals surface area contributed by atoms with Gasteiger partial charge in [-0.25, -0.2) is 0 Å². The average Bonchev–Trinajstić information content (AvgIpc) is 2.78. The van der Waals surface area contributed by atoms with E-state index in [4.69, 9.17) is 4.74 Å². The average molecular weight is 372 g/mol. The Kier molecular flexibility index (Phi) is 6.47. The monoisotopic (exact) mass is 372 g/mol. The molecule has 25 heavy (non-hydrogen) atoms. The van der Waals surface area contributed by atoms with E-state index in [9.17, 15) is 14.7 Å². The van der Waals surface area contributed by atoms with E-state index in [1.165, 1.54) is 10.9 Å². The van der Waals surface area contributed by atoms with Crippen molar-refractivity contribution in [2.75, 3.05) is 0 Å². The van der Waals surface area contributed by atoms with Crippen molar-refractivity contribution < 1.29 is 14.2 Å². The molecular weight excluding hydrogens is 344 g/mol. The third-order valence-electron chi connectivity index (χ3n) is 4.43. The lowest BCUT2D eigenvalue weighted by Gasteiger charge is -2.28. The number of ether oxygens (including phenoxy) is 1. The van der Waals surface area contributed by atoms with Crippen LogP contribution in [0.2, 0.25) is 0 Å². The number of hydrogen-bond donors (Lipinski definition) is 1. The molecule has 8 nitrogen and oxygen atoms in total. The quantitative estimate of drug-likeness (QED) is 0.484. The van der Waals surface area contributed by atoms with Gasteiger partial charge in [0.2, 0.25) is 0 Å². The molecule has 0 radical (unpaired) electrons. The summed E-state index contributed by atoms with van der Waals surface area (Å²) in [7, 11) is 1.70. The Morgan fingerprint density at radius 3 is 2.72 bits per heavy atom. The van der Waals surface area contributed by atoms with E-state index in [-0.39, 0.29) is 28.7 Å². The Bertz CT molecular complexity index is 601. The van der Waals surface area contributed by atoms with Crippen molar-refractivity contribution in [3.63, 3.8) is 0 Å². The lowest BCUT2D eigenvalue weighted by molar-refractivity contribution is -0.386. The van der Waals surface area contributed by atoms with Crippen LogP contribution in [0.25, 0.3) is 0 Å². The van der Waals surface area contributed by atoms with Crippen LogP contribution < -0.4 is 4.72 Å². The van der Waals surface area contributed by atoms with Crippen molar-refractivity contribution in [3.8, 4) is 0 Å². The van der Waals surface area contributed by atoms with Crippen LogP contribution in [-0.2, 0) is 23.1 Å². The third kappa shape index (κ3) is 4.93. The summed E-state index contributed by atoms with van der Waals surface area (Å²) in [6.45, 7) is 7.83. The molecule has 1 aliphatic heterocycles. The normalized spacial score (nSPS) is 26.2. The lowest BCUT2D eigenvalue weighted by atomic mass is 10.0. The lowest BCUT2D eigenvalue weighted by Crippen LogP contribution is -2.45. The molecule has 2 heterocycles. The summed E-state index contributed by atoms with van der Waals surface area (Å²) in [5.41, 5.74) is 0.494. The van der Waals surface area contributed by atoms with Crippen LogP contribution in [0.1, 0.15) is 65.2 Å². The zero-order valence-electron chi connectivity index (χ0n) is 15.5. The molecule has 2 unspecified atom stereocenters. The number of aromatic nitrogens is 2. The van der Waals surface area contributed by atoms with Crippen molar-refractivity contribution >= 4 is 17.0 Å². The molecule has 142 valence electrons. The summed E-state index contributed by atoms with van der Waals surface area (Å²) < 4.78 is 23.0. The van der Waals surface area contributed by atoms with Gasteiger partial charge < -0.3 is 9.29 Å². The maximum absolute atomic E-state index is 12.4. The first-order valence-corrected chi connectivity index (χ1v) is 9.78. The van der Waals surface area contributed by atoms with Crippen molar-refractivity contribution in [2.45, 2.75) is 76.4 Å². The van der Waals surface area contributed by atoms with Crippen molar-refractivity contribution in [3.05, 3.63) is 22.0 Å². The minimum absolute atomic E-state index is 0.00738. The van der Waals surface area contributed by atoms with Crippen LogP contribution in [0.3, 0.4) is 0 Å². The van der Waals surface area contributed by atoms with E-state index in [2.05, 4.69) is 9.82 Å². The molecule has 0 aliphatic carbocycles. The second-order valence-corrected chi connectivity index (χ2v) is 9.46. The highest BCUT2D eigenvalue weighted by Crippen LogP contribution is 2.36. The van der Waals surface area contributed by atoms with E-state index < -0.39 is 16.3 Å². The molecule has 1 aliphatic rings. The van der Waals surface area contributed by atoms with Gasteiger partial charge in [0.15, 0.2) is 0 Å². The largest absolute Gasteiger partial charge is 0.598 e. The first-order chi connectivity index (χ1) is 11.6. The second kappa shape index (κ2) is 8.03. The van der Waals surface area contributed by atoms with Gasteiger partial charge in [0, 0.05) is 18.4 Å². The Labute approximate surface area is 151 Å². The van der Waals surface area contributed by atoms with E-state index in [0.717, 1.165) is 19.3 Å². The predicted molar refractivity (Wildman–Crippen MR) is 96.4 cm³/mol. The SMILES string of the molecule is CC[C@@H]1CC(N[S+]([O-])C(C)(C)C)CC[C@H](c2c([N+](=O)[O-])cnn2C)O1. The molecule has 2 rings (SSSR count). The van der Waals surface area contributed by atoms with Gasteiger partial charge in [-0.15, -0.1) is 4.72 Å². The van der Waals surface area contributed by atoms with Gasteiger partial charge >= 0.3 is 5.69 Å². The predicted octanol–water partition coefficient (Wildman–Crippen LogP) is 2.77. The van der Waals surface area contributed by atoms with Gasteiger partial charge in [-0.3, -0.25) is 14.8 Å². The fourth-order valence-corrected chi connectivity index (χ4v) is 3.86. The number of nitrogens with zero attached hydrogens (tertiary/aromatic N) is 3. The molecule has 1 N–H and O–H groups in total. The van der Waals surface area contributed by atoms with Gasteiger partial charge in [-0.1, -0.05) is 6.92 Å². The molecule has 1 saturated heterocycles. The molecular formula is C16H28N4O4S. The first kappa shape index (κ1) is 20.2. The molecule has 0 aromatic carbocycles. The molecule has 9 heteroatoms. The molecule has 1 aromatic heterocycles. The molecule has 1 aromatic rings. The minimum Gasteiger partial charge on any atom is -0.598 e. The van der Waals surface area contributed by atoms with Gasteiger partial charge in [0.25, 0.3) is 0 Å². The van der Waals surface area contributed by atoms with Gasteiger partial charge in [0.05, 0.1) is 17.1 Å². The van der Waals surface area contributed by atoms with E-state index in [0.29, 0.717) is 12.1 Å². The Hall–Kier alpha value is -1.16. The fraction of sp³-hybridized carbons (Fsp3) is 0.812. The number of rotatable bonds is 5. The zero-order valence-corrected chi connectivity index (χ0v) is 16.3. The fourth-order valence-electron chi connectivity index (χ4n) is 2.99. The summed E-state index contributed by atoms with van der Waals surface area (Å²) in [4.78, 5) is 10.9. The minimum atomic E-state index is -1.15. The summed E-state index contributed by atoms with van der Waals surface area (Å²) in [5, 5.41) is 15.3. The third-order valence-corrected chi connectivity index (χ3v) is 6.09. The van der Waals surface area contributed by atoms with Crippen molar-refractivity contribution in [1.29, 1.82) is 0 Å². The van der Waals surface area contributed by atoms with E-state index in [1.807, 2.05) is 27.7 Å². The van der Waals surface area contributed by atoms with Crippen LogP contribution in [0.5, 0.6) is 0 Å². The molecule has 0 bridgehead atoms. The Morgan fingerprint density at radius 1 is 1.48 bits per heavy atom. The molecule has 4 atom stereocenters. The smallest absolute Gasteiger partial charge is 0.312 e. The number of nitro groups is 1. The maximum atomic E-state index is 12.4. The van der Waals surface area contributed by atoms with Gasteiger partial charge in [-0.05, 0) is 46.5 Å². The zero-order chi connectivity index (χ0) is 18.8. The first-order valence-electron chi connectivity index (χ1n) is 8.63. The highest BCUT2D eigenvalue weighted by atomic mass is 32.2. The van der Waals surface area contributed by atoms with Crippen molar-refractivity contribution in [2.24, 2.45) is 7.05 Å². The molecule has 1 fully saturated rings. The standard InChI is InChI=1S/C16H28N4O4S/c1-6-12-9-11(18-25(23)16(2,3)4)7-8-14(24-12)15-13(20(21)22)10-17-19(15)5/h10-12,14,18H,6-9H2,1-5H3/t11?,12-,14-,25?/m1/s1. The molecule has 0 amide bonds. The summed E-state index contributed by atoms with van der Waals surface area (Å²) in [6.07, 6.45) is 3.74. The topological polar surface area (TPSA) is 105 Å². The number of hydrogen-bond acceptors (Lipinski definition) is 6. The summed E-state index contributed by atoms with van der Waals surface area (Å²) in [5.74, 6) is 0. The van der Waals surface area contributed by atoms with E-state index >= 15 is 0 Å².